The maximum Gasteiger partial charge on any atom is 0.302 e. The van der Waals surface area contributed by atoms with Gasteiger partial charge in [-0.15, -0.1) is 0 Å². The number of phenolic OH excluding ortho intramolecular Hbond substituents is 2. The lowest BCUT2D eigenvalue weighted by Gasteiger charge is -2.64. The number of carbonyl (C=O) groups excluding carboxylic acids is 3. The summed E-state index contributed by atoms with van der Waals surface area (Å²) in [6, 6.07) is 6.75. The van der Waals surface area contributed by atoms with Crippen LogP contribution < -0.4 is 0 Å². The number of aryl methyl sites for hydroxylation is 1. The molecule has 4 aliphatic carbocycles. The Kier molecular flexibility index (Phi) is 8.49. The number of rotatable bonds is 7. The second-order valence-corrected chi connectivity index (χ2v) is 15.9. The molecule has 2 heterocycles. The molecule has 0 amide bonds. The first-order valence-electron chi connectivity index (χ1n) is 17.6. The molecule has 9 nitrogen and oxygen atoms in total. The number of aromatic hydroxyl groups is 2. The predicted molar refractivity (Wildman–Crippen MR) is 182 cm³/mol. The lowest BCUT2D eigenvalue weighted by atomic mass is 9.38. The van der Waals surface area contributed by atoms with E-state index >= 15 is 0 Å². The molecule has 3 fully saturated rings. The molecule has 0 bridgehead atoms. The van der Waals surface area contributed by atoms with Gasteiger partial charge < -0.3 is 29.2 Å². The van der Waals surface area contributed by atoms with Crippen molar-refractivity contribution in [2.24, 2.45) is 27.6 Å². The molecule has 3 N–H and O–H groups in total. The average molecular weight is 675 g/mol. The van der Waals surface area contributed by atoms with E-state index in [2.05, 4.69) is 13.8 Å². The Morgan fingerprint density at radius 1 is 1.02 bits per heavy atom. The number of esters is 1. The van der Waals surface area contributed by atoms with Gasteiger partial charge in [0.15, 0.2) is 11.5 Å². The number of aliphatic hydroxyl groups excluding tert-OH is 1. The Labute approximate surface area is 288 Å². The zero-order valence-electron chi connectivity index (χ0n) is 29.7. The Hall–Kier alpha value is -3.85. The highest BCUT2D eigenvalue weighted by Gasteiger charge is 2.89. The summed E-state index contributed by atoms with van der Waals surface area (Å²) in [4.78, 5) is 39.6. The van der Waals surface area contributed by atoms with Gasteiger partial charge in [-0.3, -0.25) is 14.4 Å². The molecule has 2 saturated carbocycles. The molecule has 1 aromatic heterocycles. The van der Waals surface area contributed by atoms with Gasteiger partial charge in [0.05, 0.1) is 29.5 Å². The number of carbonyl (C=O) groups is 3. The van der Waals surface area contributed by atoms with Crippen LogP contribution in [0.2, 0.25) is 0 Å². The zero-order valence-corrected chi connectivity index (χ0v) is 29.7. The molecule has 264 valence electrons. The lowest BCUT2D eigenvalue weighted by Crippen LogP contribution is -2.70. The van der Waals surface area contributed by atoms with Gasteiger partial charge in [-0.25, -0.2) is 0 Å². The third-order valence-corrected chi connectivity index (χ3v) is 12.7. The second-order valence-electron chi connectivity index (χ2n) is 15.9. The summed E-state index contributed by atoms with van der Waals surface area (Å²) in [6.07, 6.45) is 12.8. The maximum atomic E-state index is 14.3. The van der Waals surface area contributed by atoms with Crippen molar-refractivity contribution in [2.75, 3.05) is 0 Å². The van der Waals surface area contributed by atoms with Crippen LogP contribution in [0.25, 0.3) is 0 Å². The third kappa shape index (κ3) is 4.93. The molecule has 1 aliphatic heterocycles. The third-order valence-electron chi connectivity index (χ3n) is 12.7. The summed E-state index contributed by atoms with van der Waals surface area (Å²) in [5.74, 6) is -1.50. The molecule has 7 rings (SSSR count). The van der Waals surface area contributed by atoms with E-state index in [9.17, 15) is 24.6 Å². The Balaban J connectivity index is 0.000000251. The minimum atomic E-state index is -1.17. The van der Waals surface area contributed by atoms with Gasteiger partial charge in [-0.2, -0.15) is 0 Å². The zero-order chi connectivity index (χ0) is 35.7. The van der Waals surface area contributed by atoms with Crippen LogP contribution in [-0.4, -0.2) is 50.7 Å². The standard InChI is InChI=1S/C28H32O7.C12H18O2/c1-14(29)34-17-12-26(5)16(15-8-10-33-13-15)11-19-28(26,35-19)27(6)21(17)25(4)9-7-18(30)24(2,3)22(25)20(31)23(27)32;1-2-3-4-5-6-10-7-8-11(13)9-12(10)14/h7-10,13,16-17,19,21,31H,11-12H2,1-6H3;7-9,13-14H,2-6H2,1H3. The van der Waals surface area contributed by atoms with E-state index in [1.54, 1.807) is 50.7 Å². The van der Waals surface area contributed by atoms with Crippen LogP contribution in [0.1, 0.15) is 104 Å². The fourth-order valence-electron chi connectivity index (χ4n) is 10.7. The number of hydrogen-bond donors (Lipinski definition) is 3. The number of hydrogen-bond acceptors (Lipinski definition) is 9. The molecule has 8 atom stereocenters. The SMILES string of the molecule is CC(=O)OC1CC2(C)C(c3ccoc3)CC3OC32C2(C)C(=O)C(O)=C3C(C)(C)C(=O)C=CC3(C)C12.CCCCCCc1ccc(O)cc1O. The summed E-state index contributed by atoms with van der Waals surface area (Å²) >= 11 is 0. The molecular formula is C40H50O9. The Morgan fingerprint density at radius 3 is 2.39 bits per heavy atom. The minimum Gasteiger partial charge on any atom is -0.508 e. The van der Waals surface area contributed by atoms with E-state index < -0.39 is 51.0 Å². The topological polar surface area (TPSA) is 147 Å². The quantitative estimate of drug-likeness (QED) is 0.153. The van der Waals surface area contributed by atoms with Crippen molar-refractivity contribution >= 4 is 17.5 Å². The van der Waals surface area contributed by atoms with Crippen LogP contribution in [0.15, 0.2) is 64.7 Å². The Bertz CT molecular complexity index is 1720. The van der Waals surface area contributed by atoms with Crippen molar-refractivity contribution in [1.82, 2.24) is 0 Å². The van der Waals surface area contributed by atoms with Crippen molar-refractivity contribution in [3.8, 4) is 11.5 Å². The van der Waals surface area contributed by atoms with Crippen molar-refractivity contribution in [1.29, 1.82) is 0 Å². The monoisotopic (exact) mass is 674 g/mol. The highest BCUT2D eigenvalue weighted by Crippen LogP contribution is 2.81. The summed E-state index contributed by atoms with van der Waals surface area (Å²) in [7, 11) is 0. The van der Waals surface area contributed by atoms with Gasteiger partial charge in [0.1, 0.15) is 23.2 Å². The van der Waals surface area contributed by atoms with E-state index in [-0.39, 0.29) is 35.1 Å². The highest BCUT2D eigenvalue weighted by molar-refractivity contribution is 6.06. The fraction of sp³-hybridized carbons (Fsp3) is 0.575. The largest absolute Gasteiger partial charge is 0.508 e. The molecule has 0 radical (unpaired) electrons. The first-order chi connectivity index (χ1) is 23.0. The van der Waals surface area contributed by atoms with Crippen LogP contribution in [-0.2, 0) is 30.3 Å². The number of unbranched alkanes of at least 4 members (excludes halogenated alkanes) is 3. The number of phenols is 2. The first kappa shape index (κ1) is 35.0. The maximum absolute atomic E-state index is 14.3. The summed E-state index contributed by atoms with van der Waals surface area (Å²) in [5.41, 5.74) is -2.13. The Morgan fingerprint density at radius 2 is 1.76 bits per heavy atom. The lowest BCUT2D eigenvalue weighted by molar-refractivity contribution is -0.200. The number of allylic oxidation sites excluding steroid dienone is 4. The van der Waals surface area contributed by atoms with E-state index in [1.807, 2.05) is 19.9 Å². The number of ketones is 2. The van der Waals surface area contributed by atoms with Crippen molar-refractivity contribution < 1.29 is 43.6 Å². The molecule has 9 heteroatoms. The van der Waals surface area contributed by atoms with Crippen molar-refractivity contribution in [3.05, 3.63) is 71.4 Å². The molecule has 49 heavy (non-hydrogen) atoms. The van der Waals surface area contributed by atoms with E-state index in [0.717, 1.165) is 24.0 Å². The smallest absolute Gasteiger partial charge is 0.302 e. The van der Waals surface area contributed by atoms with Crippen LogP contribution in [0.5, 0.6) is 11.5 Å². The van der Waals surface area contributed by atoms with Crippen LogP contribution in [0.4, 0.5) is 0 Å². The number of aliphatic hydroxyl groups is 1. The number of furan rings is 1. The van der Waals surface area contributed by atoms with Crippen LogP contribution in [0, 0.1) is 27.6 Å². The first-order valence-corrected chi connectivity index (χ1v) is 17.6. The van der Waals surface area contributed by atoms with Gasteiger partial charge in [0.2, 0.25) is 5.78 Å². The summed E-state index contributed by atoms with van der Waals surface area (Å²) in [5, 5.41) is 30.1. The number of ether oxygens (including phenoxy) is 2. The average Bonchev–Trinajstić information content (AvgIpc) is 3.39. The number of epoxide rings is 1. The van der Waals surface area contributed by atoms with Gasteiger partial charge in [0, 0.05) is 29.7 Å². The molecular weight excluding hydrogens is 624 g/mol. The summed E-state index contributed by atoms with van der Waals surface area (Å²) in [6.45, 7) is 13.0. The van der Waals surface area contributed by atoms with E-state index in [0.29, 0.717) is 18.4 Å². The van der Waals surface area contributed by atoms with Crippen molar-refractivity contribution in [2.45, 2.75) is 117 Å². The van der Waals surface area contributed by atoms with Gasteiger partial charge >= 0.3 is 5.97 Å². The molecule has 8 unspecified atom stereocenters. The highest BCUT2D eigenvalue weighted by atomic mass is 16.6. The number of Topliss-reactive ketones (excluding diaryl/α,β-unsaturated/α-hetero) is 1. The van der Waals surface area contributed by atoms with Crippen LogP contribution >= 0.6 is 0 Å². The molecule has 5 aliphatic rings. The second kappa shape index (κ2) is 11.9. The predicted octanol–water partition coefficient (Wildman–Crippen LogP) is 7.66. The molecule has 1 aromatic carbocycles. The van der Waals surface area contributed by atoms with E-state index in [1.165, 1.54) is 32.3 Å². The normalized spacial score (nSPS) is 36.6. The van der Waals surface area contributed by atoms with Gasteiger partial charge in [0.25, 0.3) is 0 Å². The van der Waals surface area contributed by atoms with Gasteiger partial charge in [-0.1, -0.05) is 52.2 Å². The molecule has 1 spiro atoms. The molecule has 2 aromatic rings. The number of fused-ring (bicyclic) bond motifs is 3. The van der Waals surface area contributed by atoms with E-state index in [4.69, 9.17) is 19.0 Å². The summed E-state index contributed by atoms with van der Waals surface area (Å²) < 4.78 is 17.9. The minimum absolute atomic E-state index is 0.0453. The fourth-order valence-corrected chi connectivity index (χ4v) is 10.7. The van der Waals surface area contributed by atoms with Crippen molar-refractivity contribution in [3.63, 3.8) is 0 Å². The number of benzene rings is 1. The molecule has 1 saturated heterocycles. The van der Waals surface area contributed by atoms with Gasteiger partial charge in [-0.05, 0) is 87.3 Å². The van der Waals surface area contributed by atoms with Crippen LogP contribution in [0.3, 0.4) is 0 Å².